The quantitative estimate of drug-likeness (QED) is 0.694. The van der Waals surface area contributed by atoms with Crippen LogP contribution in [0.2, 0.25) is 0 Å². The number of hydrogen-bond acceptors (Lipinski definition) is 4. The van der Waals surface area contributed by atoms with Gasteiger partial charge < -0.3 is 20.6 Å². The monoisotopic (exact) mass is 277 g/mol. The number of aryl methyl sites for hydroxylation is 1. The summed E-state index contributed by atoms with van der Waals surface area (Å²) >= 11 is 0. The van der Waals surface area contributed by atoms with Crippen LogP contribution in [0, 0.1) is 6.92 Å². The lowest BCUT2D eigenvalue weighted by molar-refractivity contribution is 0.0948. The largest absolute Gasteiger partial charge is 0.507 e. The maximum absolute atomic E-state index is 11.9. The lowest BCUT2D eigenvalue weighted by Crippen LogP contribution is -2.44. The van der Waals surface area contributed by atoms with E-state index in [0.717, 1.165) is 44.7 Å². The van der Waals surface area contributed by atoms with Gasteiger partial charge in [-0.25, -0.2) is 0 Å². The van der Waals surface area contributed by atoms with E-state index in [2.05, 4.69) is 15.5 Å². The first-order chi connectivity index (χ1) is 9.66. The van der Waals surface area contributed by atoms with E-state index in [9.17, 15) is 9.90 Å². The fourth-order valence-corrected chi connectivity index (χ4v) is 2.37. The predicted molar refractivity (Wildman–Crippen MR) is 79.1 cm³/mol. The fraction of sp³-hybridized carbons (Fsp3) is 0.533. The molecule has 1 aliphatic heterocycles. The van der Waals surface area contributed by atoms with Gasteiger partial charge in [0.25, 0.3) is 5.91 Å². The summed E-state index contributed by atoms with van der Waals surface area (Å²) in [6.07, 6.45) is 0.929. The number of carbonyl (C=O) groups excluding carboxylic acids is 1. The number of phenols is 1. The Balaban J connectivity index is 1.72. The van der Waals surface area contributed by atoms with Crippen LogP contribution in [0.25, 0.3) is 0 Å². The summed E-state index contributed by atoms with van der Waals surface area (Å²) in [5, 5.41) is 15.9. The summed E-state index contributed by atoms with van der Waals surface area (Å²) in [4.78, 5) is 14.3. The van der Waals surface area contributed by atoms with E-state index < -0.39 is 0 Å². The minimum Gasteiger partial charge on any atom is -0.507 e. The average molecular weight is 277 g/mol. The van der Waals surface area contributed by atoms with Crippen molar-refractivity contribution in [2.75, 3.05) is 39.3 Å². The van der Waals surface area contributed by atoms with Crippen LogP contribution in [-0.2, 0) is 0 Å². The van der Waals surface area contributed by atoms with E-state index in [-0.39, 0.29) is 11.7 Å². The highest BCUT2D eigenvalue weighted by Crippen LogP contribution is 2.17. The SMILES string of the molecule is Cc1ccc(C(=O)NCCCN2CCNCC2)c(O)c1. The molecule has 1 fully saturated rings. The van der Waals surface area contributed by atoms with Gasteiger partial charge in [-0.3, -0.25) is 4.79 Å². The van der Waals surface area contributed by atoms with Gasteiger partial charge in [-0.15, -0.1) is 0 Å². The topological polar surface area (TPSA) is 64.6 Å². The molecular weight excluding hydrogens is 254 g/mol. The number of amides is 1. The number of carbonyl (C=O) groups is 1. The Hall–Kier alpha value is -1.59. The number of nitrogens with zero attached hydrogens (tertiary/aromatic N) is 1. The molecule has 0 saturated carbocycles. The van der Waals surface area contributed by atoms with Crippen LogP contribution >= 0.6 is 0 Å². The highest BCUT2D eigenvalue weighted by molar-refractivity contribution is 5.96. The van der Waals surface area contributed by atoms with Crippen LogP contribution in [0.4, 0.5) is 0 Å². The molecule has 1 heterocycles. The average Bonchev–Trinajstić information content (AvgIpc) is 2.44. The van der Waals surface area contributed by atoms with E-state index >= 15 is 0 Å². The van der Waals surface area contributed by atoms with Gasteiger partial charge in [-0.05, 0) is 37.6 Å². The molecular formula is C15H23N3O2. The van der Waals surface area contributed by atoms with Crippen LogP contribution in [0.15, 0.2) is 18.2 Å². The van der Waals surface area contributed by atoms with Crippen LogP contribution in [0.3, 0.4) is 0 Å². The van der Waals surface area contributed by atoms with Crippen LogP contribution in [0.1, 0.15) is 22.3 Å². The first-order valence-corrected chi connectivity index (χ1v) is 7.18. The first-order valence-electron chi connectivity index (χ1n) is 7.18. The molecule has 0 aliphatic carbocycles. The van der Waals surface area contributed by atoms with Crippen LogP contribution in [-0.4, -0.2) is 55.2 Å². The number of piperazine rings is 1. The molecule has 110 valence electrons. The Morgan fingerprint density at radius 2 is 2.15 bits per heavy atom. The maximum atomic E-state index is 11.9. The van der Waals surface area contributed by atoms with Gasteiger partial charge in [0.1, 0.15) is 5.75 Å². The first kappa shape index (κ1) is 14.8. The zero-order chi connectivity index (χ0) is 14.4. The number of phenolic OH excluding ortho intramolecular Hbond substituents is 1. The van der Waals surface area contributed by atoms with Crippen molar-refractivity contribution in [3.05, 3.63) is 29.3 Å². The van der Waals surface area contributed by atoms with Crippen molar-refractivity contribution in [3.8, 4) is 5.75 Å². The molecule has 0 spiro atoms. The van der Waals surface area contributed by atoms with Gasteiger partial charge in [-0.1, -0.05) is 6.07 Å². The Labute approximate surface area is 120 Å². The van der Waals surface area contributed by atoms with Crippen LogP contribution in [0.5, 0.6) is 5.75 Å². The molecule has 0 radical (unpaired) electrons. The lowest BCUT2D eigenvalue weighted by atomic mass is 10.1. The third kappa shape index (κ3) is 4.21. The second-order valence-electron chi connectivity index (χ2n) is 5.22. The molecule has 0 atom stereocenters. The molecule has 2 rings (SSSR count). The molecule has 0 aromatic heterocycles. The second-order valence-corrected chi connectivity index (χ2v) is 5.22. The summed E-state index contributed by atoms with van der Waals surface area (Å²) in [5.74, 6) is -0.160. The Bertz CT molecular complexity index is 456. The molecule has 0 bridgehead atoms. The van der Waals surface area contributed by atoms with E-state index in [0.29, 0.717) is 12.1 Å². The van der Waals surface area contributed by atoms with E-state index in [4.69, 9.17) is 0 Å². The van der Waals surface area contributed by atoms with Crippen molar-refractivity contribution in [2.45, 2.75) is 13.3 Å². The van der Waals surface area contributed by atoms with Gasteiger partial charge in [0.05, 0.1) is 5.56 Å². The molecule has 1 saturated heterocycles. The molecule has 3 N–H and O–H groups in total. The minimum absolute atomic E-state index is 0.0459. The van der Waals surface area contributed by atoms with Crippen molar-refractivity contribution >= 4 is 5.91 Å². The number of rotatable bonds is 5. The molecule has 5 heteroatoms. The molecule has 0 unspecified atom stereocenters. The summed E-state index contributed by atoms with van der Waals surface area (Å²) in [5.41, 5.74) is 1.29. The second kappa shape index (κ2) is 7.26. The zero-order valence-corrected chi connectivity index (χ0v) is 12.0. The molecule has 5 nitrogen and oxygen atoms in total. The summed E-state index contributed by atoms with van der Waals surface area (Å²) in [6, 6.07) is 5.10. The van der Waals surface area contributed by atoms with Crippen molar-refractivity contribution in [3.63, 3.8) is 0 Å². The highest BCUT2D eigenvalue weighted by Gasteiger charge is 2.11. The molecule has 1 aromatic carbocycles. The van der Waals surface area contributed by atoms with Gasteiger partial charge in [0, 0.05) is 32.7 Å². The maximum Gasteiger partial charge on any atom is 0.255 e. The number of aromatic hydroxyl groups is 1. The Morgan fingerprint density at radius 3 is 2.85 bits per heavy atom. The van der Waals surface area contributed by atoms with Crippen LogP contribution < -0.4 is 10.6 Å². The van der Waals surface area contributed by atoms with E-state index in [1.54, 1.807) is 12.1 Å². The standard InChI is InChI=1S/C15H23N3O2/c1-12-3-4-13(14(19)11-12)15(20)17-5-2-8-18-9-6-16-7-10-18/h3-4,11,16,19H,2,5-10H2,1H3,(H,17,20). The highest BCUT2D eigenvalue weighted by atomic mass is 16.3. The smallest absolute Gasteiger partial charge is 0.255 e. The summed E-state index contributed by atoms with van der Waals surface area (Å²) < 4.78 is 0. The fourth-order valence-electron chi connectivity index (χ4n) is 2.37. The van der Waals surface area contributed by atoms with Gasteiger partial charge in [0.15, 0.2) is 0 Å². The number of hydrogen-bond donors (Lipinski definition) is 3. The van der Waals surface area contributed by atoms with Crippen molar-refractivity contribution in [1.29, 1.82) is 0 Å². The van der Waals surface area contributed by atoms with Gasteiger partial charge in [-0.2, -0.15) is 0 Å². The number of benzene rings is 1. The number of nitrogens with one attached hydrogen (secondary N) is 2. The summed E-state index contributed by atoms with van der Waals surface area (Å²) in [7, 11) is 0. The Kier molecular flexibility index (Phi) is 5.38. The summed E-state index contributed by atoms with van der Waals surface area (Å²) in [6.45, 7) is 7.76. The predicted octanol–water partition coefficient (Wildman–Crippen LogP) is 0.726. The lowest BCUT2D eigenvalue weighted by Gasteiger charge is -2.27. The van der Waals surface area contributed by atoms with E-state index in [1.807, 2.05) is 13.0 Å². The zero-order valence-electron chi connectivity index (χ0n) is 12.0. The minimum atomic E-state index is -0.206. The molecule has 1 aliphatic rings. The van der Waals surface area contributed by atoms with Crippen molar-refractivity contribution in [1.82, 2.24) is 15.5 Å². The molecule has 1 amide bonds. The van der Waals surface area contributed by atoms with Gasteiger partial charge in [0.2, 0.25) is 0 Å². The Morgan fingerprint density at radius 1 is 1.40 bits per heavy atom. The van der Waals surface area contributed by atoms with Crippen molar-refractivity contribution in [2.24, 2.45) is 0 Å². The third-order valence-electron chi connectivity index (χ3n) is 3.54. The third-order valence-corrected chi connectivity index (χ3v) is 3.54. The van der Waals surface area contributed by atoms with Crippen molar-refractivity contribution < 1.29 is 9.90 Å². The van der Waals surface area contributed by atoms with E-state index in [1.165, 1.54) is 0 Å². The normalized spacial score (nSPS) is 16.1. The molecule has 1 aromatic rings. The van der Waals surface area contributed by atoms with Gasteiger partial charge >= 0.3 is 0 Å². The molecule has 20 heavy (non-hydrogen) atoms.